The van der Waals surface area contributed by atoms with Gasteiger partial charge in [0.25, 0.3) is 0 Å². The first-order valence-electron chi connectivity index (χ1n) is 9.16. The van der Waals surface area contributed by atoms with Gasteiger partial charge in [-0.05, 0) is 35.7 Å². The summed E-state index contributed by atoms with van der Waals surface area (Å²) >= 11 is -1.13. The zero-order valence-electron chi connectivity index (χ0n) is 15.3. The van der Waals surface area contributed by atoms with Crippen LogP contribution in [-0.4, -0.2) is 33.7 Å². The number of benzene rings is 2. The lowest BCUT2D eigenvalue weighted by Gasteiger charge is -2.28. The van der Waals surface area contributed by atoms with E-state index in [2.05, 4.69) is 31.2 Å². The Morgan fingerprint density at radius 1 is 1.23 bits per heavy atom. The fraction of sp³-hybridized carbons (Fsp3) is 0.381. The quantitative estimate of drug-likeness (QED) is 0.542. The monoisotopic (exact) mass is 371 g/mol. The SMILES string of the molecule is CCCC[S@+]([O-])N1CC=C(C(=O)OCC)[C@H]1c1ccc2ccccc2c1. The van der Waals surface area contributed by atoms with Gasteiger partial charge in [0.1, 0.15) is 11.8 Å². The smallest absolute Gasteiger partial charge is 0.335 e. The van der Waals surface area contributed by atoms with E-state index >= 15 is 0 Å². The van der Waals surface area contributed by atoms with Crippen LogP contribution in [0.15, 0.2) is 54.1 Å². The topological polar surface area (TPSA) is 52.6 Å². The highest BCUT2D eigenvalue weighted by Gasteiger charge is 2.40. The number of carbonyl (C=O) groups is 1. The summed E-state index contributed by atoms with van der Waals surface area (Å²) in [6.45, 7) is 4.72. The van der Waals surface area contributed by atoms with Crippen molar-refractivity contribution in [3.05, 3.63) is 59.7 Å². The lowest BCUT2D eigenvalue weighted by Crippen LogP contribution is -2.35. The van der Waals surface area contributed by atoms with Crippen LogP contribution in [0, 0.1) is 0 Å². The largest absolute Gasteiger partial charge is 0.598 e. The molecule has 0 radical (unpaired) electrons. The van der Waals surface area contributed by atoms with Crippen molar-refractivity contribution < 1.29 is 14.1 Å². The van der Waals surface area contributed by atoms with Crippen LogP contribution >= 0.6 is 0 Å². The Morgan fingerprint density at radius 2 is 2.00 bits per heavy atom. The van der Waals surface area contributed by atoms with Crippen LogP contribution in [0.5, 0.6) is 0 Å². The Labute approximate surface area is 158 Å². The molecule has 0 spiro atoms. The Bertz CT molecular complexity index is 805. The van der Waals surface area contributed by atoms with E-state index in [-0.39, 0.29) is 12.0 Å². The average molecular weight is 372 g/mol. The van der Waals surface area contributed by atoms with E-state index in [1.165, 1.54) is 0 Å². The molecule has 2 aromatic carbocycles. The second-order valence-corrected chi connectivity index (χ2v) is 7.89. The normalized spacial score (nSPS) is 18.7. The molecule has 1 aliphatic rings. The van der Waals surface area contributed by atoms with Crippen LogP contribution < -0.4 is 0 Å². The first kappa shape index (κ1) is 19.0. The molecule has 2 aromatic rings. The van der Waals surface area contributed by atoms with Gasteiger partial charge in [0.05, 0.1) is 18.7 Å². The van der Waals surface area contributed by atoms with Gasteiger partial charge in [0.2, 0.25) is 0 Å². The summed E-state index contributed by atoms with van der Waals surface area (Å²) in [7, 11) is 0. The van der Waals surface area contributed by atoms with E-state index in [0.717, 1.165) is 29.2 Å². The molecule has 0 aromatic heterocycles. The fourth-order valence-corrected chi connectivity index (χ4v) is 4.76. The molecule has 0 amide bonds. The lowest BCUT2D eigenvalue weighted by atomic mass is 9.98. The third-order valence-corrected chi connectivity index (χ3v) is 6.13. The molecule has 0 fully saturated rings. The van der Waals surface area contributed by atoms with Crippen molar-refractivity contribution in [2.45, 2.75) is 32.7 Å². The van der Waals surface area contributed by atoms with E-state index in [4.69, 9.17) is 4.74 Å². The number of ether oxygens (including phenoxy) is 1. The van der Waals surface area contributed by atoms with Gasteiger partial charge in [-0.25, -0.2) is 4.79 Å². The van der Waals surface area contributed by atoms with E-state index in [1.807, 2.05) is 28.6 Å². The summed E-state index contributed by atoms with van der Waals surface area (Å²) in [6, 6.07) is 14.0. The van der Waals surface area contributed by atoms with E-state index in [0.29, 0.717) is 24.5 Å². The Morgan fingerprint density at radius 3 is 2.73 bits per heavy atom. The Kier molecular flexibility index (Phi) is 6.35. The van der Waals surface area contributed by atoms with Crippen LogP contribution in [0.2, 0.25) is 0 Å². The van der Waals surface area contributed by atoms with Gasteiger partial charge in [-0.15, -0.1) is 4.31 Å². The molecule has 0 saturated heterocycles. The molecule has 0 bridgehead atoms. The number of esters is 1. The molecule has 138 valence electrons. The van der Waals surface area contributed by atoms with Crippen LogP contribution in [-0.2, 0) is 20.9 Å². The number of nitrogens with zero attached hydrogens (tertiary/aromatic N) is 1. The fourth-order valence-electron chi connectivity index (χ4n) is 3.28. The van der Waals surface area contributed by atoms with Gasteiger partial charge in [-0.3, -0.25) is 0 Å². The average Bonchev–Trinajstić information content (AvgIpc) is 3.11. The Balaban J connectivity index is 1.96. The van der Waals surface area contributed by atoms with Crippen LogP contribution in [0.1, 0.15) is 38.3 Å². The maximum absolute atomic E-state index is 12.8. The van der Waals surface area contributed by atoms with Crippen LogP contribution in [0.4, 0.5) is 0 Å². The van der Waals surface area contributed by atoms with Crippen molar-refractivity contribution in [3.8, 4) is 0 Å². The highest BCUT2D eigenvalue weighted by molar-refractivity contribution is 7.89. The van der Waals surface area contributed by atoms with E-state index < -0.39 is 11.4 Å². The van der Waals surface area contributed by atoms with Gasteiger partial charge >= 0.3 is 5.97 Å². The summed E-state index contributed by atoms with van der Waals surface area (Å²) in [5, 5.41) is 2.26. The second kappa shape index (κ2) is 8.71. The number of rotatable bonds is 7. The number of unbranched alkanes of at least 4 members (excludes halogenated alkanes) is 1. The highest BCUT2D eigenvalue weighted by atomic mass is 32.2. The summed E-state index contributed by atoms with van der Waals surface area (Å²) in [6.07, 6.45) is 3.77. The van der Waals surface area contributed by atoms with Gasteiger partial charge in [-0.1, -0.05) is 55.8 Å². The van der Waals surface area contributed by atoms with E-state index in [9.17, 15) is 9.35 Å². The molecule has 3 rings (SSSR count). The molecular weight excluding hydrogens is 346 g/mol. The van der Waals surface area contributed by atoms with Gasteiger partial charge in [0.15, 0.2) is 0 Å². The molecule has 5 heteroatoms. The molecule has 26 heavy (non-hydrogen) atoms. The minimum absolute atomic E-state index is 0.319. The van der Waals surface area contributed by atoms with Crippen molar-refractivity contribution in [2.24, 2.45) is 0 Å². The number of hydrogen-bond acceptors (Lipinski definition) is 4. The van der Waals surface area contributed by atoms with E-state index in [1.54, 1.807) is 6.92 Å². The van der Waals surface area contributed by atoms with Gasteiger partial charge in [-0.2, -0.15) is 0 Å². The molecule has 4 nitrogen and oxygen atoms in total. The second-order valence-electron chi connectivity index (χ2n) is 6.37. The zero-order valence-corrected chi connectivity index (χ0v) is 16.1. The van der Waals surface area contributed by atoms with Crippen molar-refractivity contribution >= 4 is 28.1 Å². The minimum Gasteiger partial charge on any atom is -0.598 e. The van der Waals surface area contributed by atoms with Crippen molar-refractivity contribution in [3.63, 3.8) is 0 Å². The third kappa shape index (κ3) is 3.95. The maximum Gasteiger partial charge on any atom is 0.335 e. The number of carbonyl (C=O) groups excluding carboxylic acids is 1. The Hall–Kier alpha value is -1.82. The molecule has 1 aliphatic heterocycles. The third-order valence-electron chi connectivity index (χ3n) is 4.61. The summed E-state index contributed by atoms with van der Waals surface area (Å²) in [5.41, 5.74) is 1.57. The first-order valence-corrected chi connectivity index (χ1v) is 10.4. The standard InChI is InChI=1S/C21H25NO3S/c1-3-5-14-26(24)22-13-12-19(21(23)25-4-2)20(22)18-11-10-16-8-6-7-9-17(16)15-18/h6-12,15,20H,3-5,13-14H2,1-2H3/t20-,26+/m1/s1. The molecule has 0 aliphatic carbocycles. The summed E-state index contributed by atoms with van der Waals surface area (Å²) < 4.78 is 20.0. The van der Waals surface area contributed by atoms with Gasteiger partial charge < -0.3 is 9.29 Å². The van der Waals surface area contributed by atoms with Gasteiger partial charge in [0, 0.05) is 11.4 Å². The number of fused-ring (bicyclic) bond motifs is 1. The van der Waals surface area contributed by atoms with Crippen molar-refractivity contribution in [2.75, 3.05) is 18.9 Å². The first-order chi connectivity index (χ1) is 12.7. The van der Waals surface area contributed by atoms with Crippen molar-refractivity contribution in [1.82, 2.24) is 4.31 Å². The van der Waals surface area contributed by atoms with Crippen molar-refractivity contribution in [1.29, 1.82) is 0 Å². The summed E-state index contributed by atoms with van der Waals surface area (Å²) in [4.78, 5) is 12.5. The molecular formula is C21H25NO3S. The zero-order chi connectivity index (χ0) is 18.5. The highest BCUT2D eigenvalue weighted by Crippen LogP contribution is 2.37. The predicted octanol–water partition coefficient (Wildman–Crippen LogP) is 4.15. The minimum atomic E-state index is -1.13. The molecule has 0 unspecified atom stereocenters. The predicted molar refractivity (Wildman–Crippen MR) is 106 cm³/mol. The lowest BCUT2D eigenvalue weighted by molar-refractivity contribution is -0.138. The molecule has 0 saturated carbocycles. The summed E-state index contributed by atoms with van der Waals surface area (Å²) in [5.74, 6) is 0.297. The molecule has 2 atom stereocenters. The number of hydrogen-bond donors (Lipinski definition) is 0. The molecule has 0 N–H and O–H groups in total. The van der Waals surface area contributed by atoms with Crippen LogP contribution in [0.25, 0.3) is 10.8 Å². The maximum atomic E-state index is 12.8. The molecule has 1 heterocycles. The van der Waals surface area contributed by atoms with Crippen LogP contribution in [0.3, 0.4) is 0 Å².